The van der Waals surface area contributed by atoms with E-state index in [1.54, 1.807) is 0 Å². The van der Waals surface area contributed by atoms with Crippen molar-refractivity contribution in [1.82, 2.24) is 0 Å². The zero-order valence-electron chi connectivity index (χ0n) is 9.06. The maximum atomic E-state index is 13.4. The largest absolute Gasteiger partial charge is 0.389 e. The average Bonchev–Trinajstić information content (AvgIpc) is 2.28. The van der Waals surface area contributed by atoms with Gasteiger partial charge in [0.1, 0.15) is 11.9 Å². The maximum Gasteiger partial charge on any atom is 0.185 e. The minimum absolute atomic E-state index is 0.0102. The lowest BCUT2D eigenvalue weighted by Gasteiger charge is -2.18. The van der Waals surface area contributed by atoms with E-state index in [4.69, 9.17) is 0 Å². The van der Waals surface area contributed by atoms with Crippen LogP contribution in [0.2, 0.25) is 0 Å². The van der Waals surface area contributed by atoms with E-state index in [1.165, 1.54) is 25.1 Å². The number of hydrogen-bond donors (Lipinski definition) is 2. The number of thioether (sulfide) groups is 1. The summed E-state index contributed by atoms with van der Waals surface area (Å²) < 4.78 is 14.0. The van der Waals surface area contributed by atoms with Gasteiger partial charge in [-0.3, -0.25) is 4.79 Å². The molecular formula is C11H12BrFO3S. The zero-order chi connectivity index (χ0) is 13.0. The molecule has 0 aromatic heterocycles. The molecule has 1 aromatic carbocycles. The number of rotatable bonds is 4. The number of aliphatic hydroxyl groups is 2. The Morgan fingerprint density at radius 1 is 1.53 bits per heavy atom. The smallest absolute Gasteiger partial charge is 0.185 e. The summed E-state index contributed by atoms with van der Waals surface area (Å²) in [6.45, 7) is 1.36. The van der Waals surface area contributed by atoms with Crippen LogP contribution < -0.4 is 0 Å². The van der Waals surface area contributed by atoms with Crippen molar-refractivity contribution in [1.29, 1.82) is 0 Å². The Morgan fingerprint density at radius 3 is 2.76 bits per heavy atom. The fraction of sp³-hybridized carbons (Fsp3) is 0.364. The Bertz CT molecular complexity index is 414. The standard InChI is InChI=1S/C11H12BrFO3S/c1-6(14)17-5-10(15)11(16)8-4-7(12)2-3-9(8)13/h2-4,10-11,15-16H,5H2,1H3. The molecule has 94 valence electrons. The normalized spacial score (nSPS) is 14.4. The van der Waals surface area contributed by atoms with E-state index < -0.39 is 18.0 Å². The van der Waals surface area contributed by atoms with E-state index in [0.29, 0.717) is 4.47 Å². The molecule has 0 bridgehead atoms. The number of benzene rings is 1. The van der Waals surface area contributed by atoms with E-state index in [0.717, 1.165) is 11.8 Å². The Morgan fingerprint density at radius 2 is 2.18 bits per heavy atom. The number of hydrogen-bond acceptors (Lipinski definition) is 4. The Hall–Kier alpha value is -0.430. The SMILES string of the molecule is CC(=O)SCC(O)C(O)c1cc(Br)ccc1F. The lowest BCUT2D eigenvalue weighted by molar-refractivity contribution is -0.109. The Labute approximate surface area is 111 Å². The van der Waals surface area contributed by atoms with Gasteiger partial charge in [0, 0.05) is 22.7 Å². The highest BCUT2D eigenvalue weighted by molar-refractivity contribution is 9.10. The molecule has 17 heavy (non-hydrogen) atoms. The molecule has 0 saturated heterocycles. The summed E-state index contributed by atoms with van der Waals surface area (Å²) in [5, 5.41) is 19.2. The third-order valence-electron chi connectivity index (χ3n) is 2.10. The minimum Gasteiger partial charge on any atom is -0.389 e. The van der Waals surface area contributed by atoms with Gasteiger partial charge in [-0.2, -0.15) is 0 Å². The molecule has 0 saturated carbocycles. The molecule has 2 unspecified atom stereocenters. The third kappa shape index (κ3) is 4.39. The van der Waals surface area contributed by atoms with Crippen molar-refractivity contribution < 1.29 is 19.4 Å². The van der Waals surface area contributed by atoms with Gasteiger partial charge in [0.25, 0.3) is 0 Å². The van der Waals surface area contributed by atoms with Crippen molar-refractivity contribution in [2.75, 3.05) is 5.75 Å². The van der Waals surface area contributed by atoms with Crippen LogP contribution in [0.15, 0.2) is 22.7 Å². The van der Waals surface area contributed by atoms with Crippen molar-refractivity contribution in [2.24, 2.45) is 0 Å². The molecular weight excluding hydrogens is 311 g/mol. The van der Waals surface area contributed by atoms with Crippen LogP contribution in [-0.2, 0) is 4.79 Å². The summed E-state index contributed by atoms with van der Waals surface area (Å²) >= 11 is 4.05. The van der Waals surface area contributed by atoms with Crippen LogP contribution in [0.4, 0.5) is 4.39 Å². The predicted octanol–water partition coefficient (Wildman–Crippen LogP) is 2.26. The van der Waals surface area contributed by atoms with E-state index >= 15 is 0 Å². The molecule has 0 aliphatic heterocycles. The van der Waals surface area contributed by atoms with Gasteiger partial charge in [-0.05, 0) is 18.2 Å². The first-order chi connectivity index (χ1) is 7.91. The summed E-state index contributed by atoms with van der Waals surface area (Å²) in [5.41, 5.74) is 0.0102. The molecule has 0 heterocycles. The van der Waals surface area contributed by atoms with Crippen molar-refractivity contribution in [3.05, 3.63) is 34.1 Å². The predicted molar refractivity (Wildman–Crippen MR) is 68.2 cm³/mol. The summed E-state index contributed by atoms with van der Waals surface area (Å²) in [7, 11) is 0. The van der Waals surface area contributed by atoms with Gasteiger partial charge >= 0.3 is 0 Å². The molecule has 1 aromatic rings. The highest BCUT2D eigenvalue weighted by Crippen LogP contribution is 2.25. The first-order valence-electron chi connectivity index (χ1n) is 4.86. The van der Waals surface area contributed by atoms with Crippen molar-refractivity contribution in [2.45, 2.75) is 19.1 Å². The van der Waals surface area contributed by atoms with Gasteiger partial charge in [-0.25, -0.2) is 4.39 Å². The summed E-state index contributed by atoms with van der Waals surface area (Å²) in [4.78, 5) is 10.7. The van der Waals surface area contributed by atoms with Crippen LogP contribution in [0.1, 0.15) is 18.6 Å². The minimum atomic E-state index is -1.35. The van der Waals surface area contributed by atoms with Gasteiger partial charge < -0.3 is 10.2 Å². The number of aliphatic hydroxyl groups excluding tert-OH is 2. The molecule has 0 aliphatic rings. The van der Waals surface area contributed by atoms with Crippen molar-refractivity contribution in [3.8, 4) is 0 Å². The molecule has 2 atom stereocenters. The first-order valence-corrected chi connectivity index (χ1v) is 6.64. The van der Waals surface area contributed by atoms with Crippen molar-refractivity contribution in [3.63, 3.8) is 0 Å². The summed E-state index contributed by atoms with van der Waals surface area (Å²) in [5.74, 6) is -0.560. The second-order valence-electron chi connectivity index (χ2n) is 3.48. The van der Waals surface area contributed by atoms with Crippen LogP contribution in [0.5, 0.6) is 0 Å². The van der Waals surface area contributed by atoms with Crippen LogP contribution in [0.3, 0.4) is 0 Å². The maximum absolute atomic E-state index is 13.4. The van der Waals surface area contributed by atoms with Crippen LogP contribution in [0.25, 0.3) is 0 Å². The molecule has 0 radical (unpaired) electrons. The lowest BCUT2D eigenvalue weighted by atomic mass is 10.1. The molecule has 0 spiro atoms. The molecule has 0 fully saturated rings. The van der Waals surface area contributed by atoms with E-state index in [9.17, 15) is 19.4 Å². The molecule has 3 nitrogen and oxygen atoms in total. The fourth-order valence-corrected chi connectivity index (χ4v) is 2.21. The lowest BCUT2D eigenvalue weighted by Crippen LogP contribution is -2.22. The van der Waals surface area contributed by atoms with Crippen LogP contribution in [-0.4, -0.2) is 27.2 Å². The molecule has 2 N–H and O–H groups in total. The highest BCUT2D eigenvalue weighted by atomic mass is 79.9. The fourth-order valence-electron chi connectivity index (χ4n) is 1.24. The summed E-state index contributed by atoms with van der Waals surface area (Å²) in [6, 6.07) is 4.11. The summed E-state index contributed by atoms with van der Waals surface area (Å²) in [6.07, 6.45) is -2.54. The van der Waals surface area contributed by atoms with E-state index in [1.807, 2.05) is 0 Å². The van der Waals surface area contributed by atoms with Gasteiger partial charge in [0.05, 0.1) is 6.10 Å². The van der Waals surface area contributed by atoms with Gasteiger partial charge in [0.2, 0.25) is 0 Å². The topological polar surface area (TPSA) is 57.5 Å². The second-order valence-corrected chi connectivity index (χ2v) is 5.59. The average molecular weight is 323 g/mol. The number of halogens is 2. The molecule has 0 aliphatic carbocycles. The second kappa shape index (κ2) is 6.49. The monoisotopic (exact) mass is 322 g/mol. The number of carbonyl (C=O) groups is 1. The zero-order valence-corrected chi connectivity index (χ0v) is 11.5. The van der Waals surface area contributed by atoms with Crippen molar-refractivity contribution >= 4 is 32.8 Å². The molecule has 0 amide bonds. The van der Waals surface area contributed by atoms with Gasteiger partial charge in [0.15, 0.2) is 5.12 Å². The third-order valence-corrected chi connectivity index (χ3v) is 3.51. The van der Waals surface area contributed by atoms with E-state index in [2.05, 4.69) is 15.9 Å². The Balaban J connectivity index is 2.77. The Kier molecular flexibility index (Phi) is 5.58. The molecule has 6 heteroatoms. The van der Waals surface area contributed by atoms with Crippen LogP contribution in [0, 0.1) is 5.82 Å². The van der Waals surface area contributed by atoms with Crippen LogP contribution >= 0.6 is 27.7 Å². The first kappa shape index (κ1) is 14.6. The van der Waals surface area contributed by atoms with E-state index in [-0.39, 0.29) is 16.4 Å². The van der Waals surface area contributed by atoms with Gasteiger partial charge in [-0.1, -0.05) is 27.7 Å². The highest BCUT2D eigenvalue weighted by Gasteiger charge is 2.22. The quantitative estimate of drug-likeness (QED) is 0.892. The number of carbonyl (C=O) groups excluding carboxylic acids is 1. The van der Waals surface area contributed by atoms with Gasteiger partial charge in [-0.15, -0.1) is 0 Å². The molecule has 1 rings (SSSR count).